The van der Waals surface area contributed by atoms with Crippen molar-refractivity contribution >= 4 is 56.5 Å². The Morgan fingerprint density at radius 1 is 0.793 bits per heavy atom. The first kappa shape index (κ1) is 22.0. The van der Waals surface area contributed by atoms with Crippen LogP contribution in [0.2, 0.25) is 20.1 Å². The van der Waals surface area contributed by atoms with Gasteiger partial charge in [0.15, 0.2) is 10.5 Å². The maximum atomic E-state index is 13.0. The Labute approximate surface area is 186 Å². The van der Waals surface area contributed by atoms with Gasteiger partial charge in [0, 0.05) is 21.2 Å². The van der Waals surface area contributed by atoms with Crippen molar-refractivity contribution in [1.29, 1.82) is 0 Å². The van der Waals surface area contributed by atoms with Crippen LogP contribution in [0.4, 0.5) is 0 Å². The minimum Gasteiger partial charge on any atom is -0.508 e. The van der Waals surface area contributed by atoms with Crippen LogP contribution >= 0.6 is 46.4 Å². The lowest BCUT2D eigenvalue weighted by molar-refractivity contribution is 0.455. The standard InChI is InChI=1S/C19H12Cl4O5S/c20-13-8-11(24)6-7-12(13)19(29(26,27)28,10-4-2-1-3-5-10)16-14(21)9-15(22)18(25)17(16)23/h1-9,24-25H,(H,26,27,28). The minimum absolute atomic E-state index is 0.0422. The number of halogens is 4. The van der Waals surface area contributed by atoms with Gasteiger partial charge in [-0.25, -0.2) is 0 Å². The number of phenols is 2. The average molecular weight is 494 g/mol. The zero-order chi connectivity index (χ0) is 21.6. The third-order valence-electron chi connectivity index (χ3n) is 4.40. The Hall–Kier alpha value is -1.67. The van der Waals surface area contributed by atoms with Crippen LogP contribution in [0.3, 0.4) is 0 Å². The highest BCUT2D eigenvalue weighted by Crippen LogP contribution is 2.54. The summed E-state index contributed by atoms with van der Waals surface area (Å²) in [5.74, 6) is -0.848. The highest BCUT2D eigenvalue weighted by molar-refractivity contribution is 7.87. The summed E-state index contributed by atoms with van der Waals surface area (Å²) in [6, 6.07) is 12.2. The van der Waals surface area contributed by atoms with Crippen molar-refractivity contribution in [2.45, 2.75) is 4.75 Å². The Morgan fingerprint density at radius 2 is 1.41 bits per heavy atom. The zero-order valence-electron chi connectivity index (χ0n) is 14.3. The van der Waals surface area contributed by atoms with E-state index in [1.165, 1.54) is 24.3 Å². The second kappa shape index (κ2) is 7.87. The molecule has 10 heteroatoms. The second-order valence-corrected chi connectivity index (χ2v) is 9.23. The summed E-state index contributed by atoms with van der Waals surface area (Å²) in [7, 11) is -5.08. The molecule has 3 aromatic rings. The highest BCUT2D eigenvalue weighted by atomic mass is 35.5. The molecule has 29 heavy (non-hydrogen) atoms. The van der Waals surface area contributed by atoms with Gasteiger partial charge in [-0.15, -0.1) is 0 Å². The van der Waals surface area contributed by atoms with Crippen LogP contribution in [0.1, 0.15) is 16.7 Å². The molecule has 0 amide bonds. The van der Waals surface area contributed by atoms with E-state index in [0.29, 0.717) is 0 Å². The third kappa shape index (κ3) is 3.54. The van der Waals surface area contributed by atoms with Crippen molar-refractivity contribution in [2.75, 3.05) is 0 Å². The molecule has 152 valence electrons. The molecule has 3 N–H and O–H groups in total. The van der Waals surface area contributed by atoms with E-state index in [0.717, 1.165) is 12.1 Å². The first-order valence-corrected chi connectivity index (χ1v) is 10.9. The van der Waals surface area contributed by atoms with Gasteiger partial charge in [-0.05, 0) is 23.8 Å². The van der Waals surface area contributed by atoms with Crippen molar-refractivity contribution < 1.29 is 23.2 Å². The second-order valence-electron chi connectivity index (χ2n) is 6.06. The van der Waals surface area contributed by atoms with Crippen LogP contribution in [-0.4, -0.2) is 23.2 Å². The molecule has 0 aliphatic rings. The number of rotatable bonds is 4. The van der Waals surface area contributed by atoms with Crippen molar-refractivity contribution in [3.63, 3.8) is 0 Å². The summed E-state index contributed by atoms with van der Waals surface area (Å²) in [5, 5.41) is 18.9. The Balaban J connectivity index is 2.65. The SMILES string of the molecule is O=S(=O)(O)C(c1ccccc1)(c1ccc(O)cc1Cl)c1c(Cl)cc(Cl)c(O)c1Cl. The van der Waals surface area contributed by atoms with Gasteiger partial charge in [-0.3, -0.25) is 4.55 Å². The number of hydrogen-bond donors (Lipinski definition) is 3. The predicted molar refractivity (Wildman–Crippen MR) is 114 cm³/mol. The van der Waals surface area contributed by atoms with Crippen LogP contribution in [0.5, 0.6) is 11.5 Å². The molecule has 0 saturated heterocycles. The average Bonchev–Trinajstić information content (AvgIpc) is 2.64. The molecule has 0 fully saturated rings. The van der Waals surface area contributed by atoms with Gasteiger partial charge in [0.05, 0.1) is 10.0 Å². The van der Waals surface area contributed by atoms with E-state index in [1.807, 2.05) is 0 Å². The van der Waals surface area contributed by atoms with Crippen LogP contribution in [0, 0.1) is 0 Å². The van der Waals surface area contributed by atoms with Crippen molar-refractivity contribution in [1.82, 2.24) is 0 Å². The Kier molecular flexibility index (Phi) is 5.98. The molecule has 3 aromatic carbocycles. The maximum absolute atomic E-state index is 13.0. The molecule has 0 bridgehead atoms. The predicted octanol–water partition coefficient (Wildman–Crippen LogP) is 5.89. The molecule has 0 aliphatic carbocycles. The Morgan fingerprint density at radius 3 is 1.97 bits per heavy atom. The lowest BCUT2D eigenvalue weighted by atomic mass is 9.83. The van der Waals surface area contributed by atoms with Crippen molar-refractivity contribution in [3.05, 3.63) is 91.4 Å². The third-order valence-corrected chi connectivity index (χ3v) is 7.10. The summed E-state index contributed by atoms with van der Waals surface area (Å²) < 4.78 is 34.1. The molecule has 0 heterocycles. The highest BCUT2D eigenvalue weighted by Gasteiger charge is 2.52. The van der Waals surface area contributed by atoms with E-state index in [1.54, 1.807) is 18.2 Å². The number of aromatic hydroxyl groups is 2. The number of hydrogen-bond acceptors (Lipinski definition) is 4. The lowest BCUT2D eigenvalue weighted by Crippen LogP contribution is -2.39. The van der Waals surface area contributed by atoms with E-state index < -0.39 is 25.6 Å². The quantitative estimate of drug-likeness (QED) is 0.311. The van der Waals surface area contributed by atoms with Crippen molar-refractivity contribution in [2.24, 2.45) is 0 Å². The fraction of sp³-hybridized carbons (Fsp3) is 0.0526. The van der Waals surface area contributed by atoms with Crippen LogP contribution < -0.4 is 0 Å². The summed E-state index contributed by atoms with van der Waals surface area (Å²) in [5.41, 5.74) is -0.444. The molecule has 3 rings (SSSR count). The van der Waals surface area contributed by atoms with E-state index >= 15 is 0 Å². The van der Waals surface area contributed by atoms with Gasteiger partial charge in [0.1, 0.15) is 5.75 Å². The molecule has 0 aliphatic heterocycles. The number of phenolic OH excluding ortho intramolecular Hbond substituents is 2. The van der Waals surface area contributed by atoms with Crippen LogP contribution in [-0.2, 0) is 14.9 Å². The monoisotopic (exact) mass is 492 g/mol. The fourth-order valence-corrected chi connectivity index (χ4v) is 6.11. The minimum atomic E-state index is -5.08. The molecule has 0 spiro atoms. The van der Waals surface area contributed by atoms with E-state index in [9.17, 15) is 23.2 Å². The maximum Gasteiger partial charge on any atom is 0.283 e. The van der Waals surface area contributed by atoms with E-state index in [4.69, 9.17) is 46.4 Å². The van der Waals surface area contributed by atoms with Gasteiger partial charge in [0.2, 0.25) is 0 Å². The molecule has 0 aromatic heterocycles. The first-order valence-electron chi connectivity index (χ1n) is 7.90. The van der Waals surface area contributed by atoms with Gasteiger partial charge in [-0.1, -0.05) is 82.8 Å². The van der Waals surface area contributed by atoms with Crippen LogP contribution in [0.15, 0.2) is 54.6 Å². The molecular formula is C19H12Cl4O5S. The van der Waals surface area contributed by atoms with Gasteiger partial charge < -0.3 is 10.2 Å². The molecule has 0 radical (unpaired) electrons. The Bertz CT molecular complexity index is 1200. The van der Waals surface area contributed by atoms with Gasteiger partial charge in [0.25, 0.3) is 10.1 Å². The largest absolute Gasteiger partial charge is 0.508 e. The van der Waals surface area contributed by atoms with Gasteiger partial charge in [-0.2, -0.15) is 8.42 Å². The molecule has 1 unspecified atom stereocenters. The van der Waals surface area contributed by atoms with Gasteiger partial charge >= 0.3 is 0 Å². The molecule has 0 saturated carbocycles. The van der Waals surface area contributed by atoms with Crippen molar-refractivity contribution in [3.8, 4) is 11.5 Å². The zero-order valence-corrected chi connectivity index (χ0v) is 18.1. The number of benzene rings is 3. The summed E-state index contributed by atoms with van der Waals surface area (Å²) >= 11 is 24.8. The van der Waals surface area contributed by atoms with Crippen LogP contribution in [0.25, 0.3) is 0 Å². The van der Waals surface area contributed by atoms with E-state index in [-0.39, 0.29) is 37.5 Å². The normalized spacial score (nSPS) is 13.8. The lowest BCUT2D eigenvalue weighted by Gasteiger charge is -2.34. The smallest absolute Gasteiger partial charge is 0.283 e. The molecular weight excluding hydrogens is 482 g/mol. The molecule has 1 atom stereocenters. The summed E-state index contributed by atoms with van der Waals surface area (Å²) in [6.45, 7) is 0. The first-order chi connectivity index (χ1) is 13.5. The summed E-state index contributed by atoms with van der Waals surface area (Å²) in [4.78, 5) is 0. The van der Waals surface area contributed by atoms with E-state index in [2.05, 4.69) is 0 Å². The molecule has 5 nitrogen and oxygen atoms in total. The summed E-state index contributed by atoms with van der Waals surface area (Å²) in [6.07, 6.45) is 0. The fourth-order valence-electron chi connectivity index (χ4n) is 3.22. The topological polar surface area (TPSA) is 94.8 Å².